The molecule has 6 rings (SSSR count). The van der Waals surface area contributed by atoms with Crippen LogP contribution in [0.3, 0.4) is 0 Å². The summed E-state index contributed by atoms with van der Waals surface area (Å²) in [6, 6.07) is 22.3. The molecule has 0 radical (unpaired) electrons. The van der Waals surface area contributed by atoms with E-state index in [2.05, 4.69) is 38.6 Å². The number of hydrogen-bond donors (Lipinski definition) is 2. The molecule has 1 saturated heterocycles. The topological polar surface area (TPSA) is 82.8 Å². The molecule has 0 bridgehead atoms. The molecule has 0 unspecified atom stereocenters. The Bertz CT molecular complexity index is 1430. The third kappa shape index (κ3) is 3.81. The minimum atomic E-state index is 0.666. The Morgan fingerprint density at radius 3 is 2.70 bits per heavy atom. The Labute approximate surface area is 190 Å². The first-order valence-corrected chi connectivity index (χ1v) is 11.0. The van der Waals surface area contributed by atoms with Gasteiger partial charge in [-0.05, 0) is 6.07 Å². The number of H-pyrrole nitrogens is 1. The standard InChI is InChI=1S/C25H23N7O/c1-2-6-18(7-3-1)22-14-24-28-23(15-25(32(24)30-22)31-10-12-33-13-11-31)29-27-17-19-16-26-21-9-5-4-8-20(19)21/h1-9,14-17,26H,10-13H2,(H,28,29)/b27-17+. The smallest absolute Gasteiger partial charge is 0.160 e. The molecule has 0 spiro atoms. The van der Waals surface area contributed by atoms with Crippen LogP contribution in [-0.2, 0) is 4.74 Å². The zero-order valence-corrected chi connectivity index (χ0v) is 18.0. The second-order valence-electron chi connectivity index (χ2n) is 7.92. The maximum Gasteiger partial charge on any atom is 0.160 e. The molecule has 8 heteroatoms. The first-order valence-electron chi connectivity index (χ1n) is 11.0. The average molecular weight is 438 g/mol. The van der Waals surface area contributed by atoms with Gasteiger partial charge in [-0.25, -0.2) is 4.98 Å². The molecule has 0 amide bonds. The molecule has 33 heavy (non-hydrogen) atoms. The Morgan fingerprint density at radius 2 is 1.82 bits per heavy atom. The molecule has 1 fully saturated rings. The van der Waals surface area contributed by atoms with E-state index >= 15 is 0 Å². The SMILES string of the molecule is C(=N\Nc1cc(N2CCOCC2)n2nc(-c3ccccc3)cc2n1)/c1c[nH]c2ccccc12. The van der Waals surface area contributed by atoms with Crippen LogP contribution in [0.1, 0.15) is 5.56 Å². The number of aromatic nitrogens is 4. The van der Waals surface area contributed by atoms with E-state index in [-0.39, 0.29) is 0 Å². The molecule has 2 N–H and O–H groups in total. The number of rotatable bonds is 5. The van der Waals surface area contributed by atoms with E-state index in [4.69, 9.17) is 14.8 Å². The van der Waals surface area contributed by atoms with Crippen LogP contribution in [0.2, 0.25) is 0 Å². The van der Waals surface area contributed by atoms with Crippen LogP contribution in [-0.4, -0.2) is 52.1 Å². The van der Waals surface area contributed by atoms with Crippen LogP contribution < -0.4 is 10.3 Å². The van der Waals surface area contributed by atoms with E-state index in [0.717, 1.165) is 52.3 Å². The van der Waals surface area contributed by atoms with Crippen LogP contribution in [0.15, 0.2) is 78.0 Å². The Balaban J connectivity index is 1.36. The highest BCUT2D eigenvalue weighted by molar-refractivity contribution is 5.99. The van der Waals surface area contributed by atoms with Crippen molar-refractivity contribution in [1.29, 1.82) is 0 Å². The third-order valence-electron chi connectivity index (χ3n) is 5.82. The lowest BCUT2D eigenvalue weighted by molar-refractivity contribution is 0.122. The number of ether oxygens (including phenoxy) is 1. The van der Waals surface area contributed by atoms with Crippen molar-refractivity contribution >= 4 is 34.4 Å². The van der Waals surface area contributed by atoms with Crippen molar-refractivity contribution in [3.63, 3.8) is 0 Å². The summed E-state index contributed by atoms with van der Waals surface area (Å²) in [5, 5.41) is 10.4. The summed E-state index contributed by atoms with van der Waals surface area (Å²) in [4.78, 5) is 10.3. The quantitative estimate of drug-likeness (QED) is 0.319. The van der Waals surface area contributed by atoms with Crippen molar-refractivity contribution in [2.45, 2.75) is 0 Å². The highest BCUT2D eigenvalue weighted by atomic mass is 16.5. The van der Waals surface area contributed by atoms with Gasteiger partial charge in [-0.3, -0.25) is 5.43 Å². The van der Waals surface area contributed by atoms with Crippen LogP contribution >= 0.6 is 0 Å². The fraction of sp³-hybridized carbons (Fsp3) is 0.160. The van der Waals surface area contributed by atoms with Crippen molar-refractivity contribution in [3.05, 3.63) is 78.5 Å². The number of fused-ring (bicyclic) bond motifs is 2. The van der Waals surface area contributed by atoms with E-state index in [1.165, 1.54) is 0 Å². The van der Waals surface area contributed by atoms with Crippen molar-refractivity contribution in [1.82, 2.24) is 19.6 Å². The first-order chi connectivity index (χ1) is 16.3. The van der Waals surface area contributed by atoms with Gasteiger partial charge in [0.15, 0.2) is 11.5 Å². The fourth-order valence-corrected chi connectivity index (χ4v) is 4.15. The van der Waals surface area contributed by atoms with Gasteiger partial charge in [-0.2, -0.15) is 14.7 Å². The van der Waals surface area contributed by atoms with Gasteiger partial charge in [0.1, 0.15) is 5.82 Å². The summed E-state index contributed by atoms with van der Waals surface area (Å²) in [6.07, 6.45) is 3.76. The number of morpholine rings is 1. The molecule has 0 atom stereocenters. The minimum absolute atomic E-state index is 0.666. The molecule has 0 aliphatic carbocycles. The van der Waals surface area contributed by atoms with Crippen LogP contribution in [0, 0.1) is 0 Å². The largest absolute Gasteiger partial charge is 0.378 e. The average Bonchev–Trinajstić information content (AvgIpc) is 3.49. The maximum absolute atomic E-state index is 5.55. The molecular formula is C25H23N7O. The first kappa shape index (κ1) is 19.5. The number of aromatic amines is 1. The summed E-state index contributed by atoms with van der Waals surface area (Å²) in [7, 11) is 0. The molecule has 1 aliphatic heterocycles. The molecular weight excluding hydrogens is 414 g/mol. The number of hydrazone groups is 1. The van der Waals surface area contributed by atoms with E-state index in [9.17, 15) is 0 Å². The molecule has 5 aromatic rings. The summed E-state index contributed by atoms with van der Waals surface area (Å²) < 4.78 is 7.46. The second kappa shape index (κ2) is 8.40. The highest BCUT2D eigenvalue weighted by Gasteiger charge is 2.18. The van der Waals surface area contributed by atoms with E-state index in [1.807, 2.05) is 65.5 Å². The normalized spacial score (nSPS) is 14.5. The van der Waals surface area contributed by atoms with Gasteiger partial charge in [-0.15, -0.1) is 0 Å². The van der Waals surface area contributed by atoms with Crippen molar-refractivity contribution in [2.75, 3.05) is 36.6 Å². The summed E-state index contributed by atoms with van der Waals surface area (Å²) in [5.74, 6) is 1.63. The number of nitrogens with zero attached hydrogens (tertiary/aromatic N) is 5. The molecule has 8 nitrogen and oxygen atoms in total. The van der Waals surface area contributed by atoms with Gasteiger partial charge in [0.2, 0.25) is 0 Å². The van der Waals surface area contributed by atoms with Crippen molar-refractivity contribution < 1.29 is 4.74 Å². The van der Waals surface area contributed by atoms with Crippen LogP contribution in [0.25, 0.3) is 27.8 Å². The Morgan fingerprint density at radius 1 is 1.00 bits per heavy atom. The number of hydrogen-bond acceptors (Lipinski definition) is 6. The lowest BCUT2D eigenvalue weighted by Gasteiger charge is -2.29. The van der Waals surface area contributed by atoms with Gasteiger partial charge in [0.25, 0.3) is 0 Å². The molecule has 2 aromatic carbocycles. The Kier molecular flexibility index (Phi) is 4.97. The van der Waals surface area contributed by atoms with E-state index in [1.54, 1.807) is 0 Å². The maximum atomic E-state index is 5.55. The van der Waals surface area contributed by atoms with Crippen LogP contribution in [0.5, 0.6) is 0 Å². The summed E-state index contributed by atoms with van der Waals surface area (Å²) >= 11 is 0. The zero-order chi connectivity index (χ0) is 22.0. The minimum Gasteiger partial charge on any atom is -0.378 e. The molecule has 1 aliphatic rings. The fourth-order valence-electron chi connectivity index (χ4n) is 4.15. The number of para-hydroxylation sites is 1. The highest BCUT2D eigenvalue weighted by Crippen LogP contribution is 2.26. The Hall–Kier alpha value is -4.17. The number of anilines is 2. The van der Waals surface area contributed by atoms with Gasteiger partial charge >= 0.3 is 0 Å². The zero-order valence-electron chi connectivity index (χ0n) is 18.0. The van der Waals surface area contributed by atoms with E-state index < -0.39 is 0 Å². The molecule has 3 aromatic heterocycles. The van der Waals surface area contributed by atoms with Crippen LogP contribution in [0.4, 0.5) is 11.6 Å². The predicted octanol–water partition coefficient (Wildman–Crippen LogP) is 4.16. The van der Waals surface area contributed by atoms with Crippen molar-refractivity contribution in [2.24, 2.45) is 5.10 Å². The lowest BCUT2D eigenvalue weighted by atomic mass is 10.2. The van der Waals surface area contributed by atoms with Gasteiger partial charge < -0.3 is 14.6 Å². The summed E-state index contributed by atoms with van der Waals surface area (Å²) in [5.41, 5.74) is 7.93. The van der Waals surface area contributed by atoms with Gasteiger partial charge in [0.05, 0.1) is 25.1 Å². The molecule has 4 heterocycles. The molecule has 164 valence electrons. The predicted molar refractivity (Wildman–Crippen MR) is 131 cm³/mol. The van der Waals surface area contributed by atoms with Gasteiger partial charge in [0, 0.05) is 53.4 Å². The number of benzene rings is 2. The third-order valence-corrected chi connectivity index (χ3v) is 5.82. The van der Waals surface area contributed by atoms with Gasteiger partial charge in [-0.1, -0.05) is 48.5 Å². The lowest BCUT2D eigenvalue weighted by Crippen LogP contribution is -2.37. The second-order valence-corrected chi connectivity index (χ2v) is 7.92. The monoisotopic (exact) mass is 437 g/mol. The molecule has 0 saturated carbocycles. The van der Waals surface area contributed by atoms with Crippen molar-refractivity contribution in [3.8, 4) is 11.3 Å². The number of nitrogens with one attached hydrogen (secondary N) is 2. The van der Waals surface area contributed by atoms with E-state index in [0.29, 0.717) is 19.0 Å². The summed E-state index contributed by atoms with van der Waals surface area (Å²) in [6.45, 7) is 2.99.